The van der Waals surface area contributed by atoms with E-state index in [-0.39, 0.29) is 36.4 Å². The zero-order valence-corrected chi connectivity index (χ0v) is 19.5. The Morgan fingerprint density at radius 2 is 1.57 bits per heavy atom. The van der Waals surface area contributed by atoms with Gasteiger partial charge in [0.15, 0.2) is 0 Å². The molecule has 1 fully saturated rings. The fourth-order valence-corrected chi connectivity index (χ4v) is 5.72. The molecule has 35 heavy (non-hydrogen) atoms. The number of carboxylic acids is 1. The molecule has 0 aliphatic heterocycles. The maximum absolute atomic E-state index is 13.0. The number of rotatable bonds is 6. The zero-order chi connectivity index (χ0) is 24.4. The average molecular weight is 475 g/mol. The van der Waals surface area contributed by atoms with E-state index < -0.39 is 12.1 Å². The van der Waals surface area contributed by atoms with Gasteiger partial charge < -0.3 is 20.5 Å². The van der Waals surface area contributed by atoms with Crippen LogP contribution in [-0.4, -0.2) is 41.8 Å². The third-order valence-corrected chi connectivity index (χ3v) is 7.49. The number of ether oxygens (including phenoxy) is 1. The molecule has 3 N–H and O–H groups in total. The van der Waals surface area contributed by atoms with Crippen molar-refractivity contribution in [1.82, 2.24) is 10.6 Å². The second kappa shape index (κ2) is 9.94. The SMILES string of the molecule is O=C(N[C@@H]1CCCC[C@@H]1C(=O)NC1CC=C(C(=O)O)C1)OCC1c2ccccc2-c2ccccc21. The Morgan fingerprint density at radius 1 is 0.914 bits per heavy atom. The van der Waals surface area contributed by atoms with Gasteiger partial charge in [-0.1, -0.05) is 67.4 Å². The predicted octanol–water partition coefficient (Wildman–Crippen LogP) is 4.37. The molecule has 7 heteroatoms. The molecule has 5 rings (SSSR count). The predicted molar refractivity (Wildman–Crippen MR) is 131 cm³/mol. The number of alkyl carbamates (subject to hydrolysis) is 1. The minimum absolute atomic E-state index is 0.0168. The number of carboxylic acid groups (broad SMARTS) is 1. The average Bonchev–Trinajstić information content (AvgIpc) is 3.46. The molecule has 3 aliphatic rings. The number of hydrogen-bond donors (Lipinski definition) is 3. The van der Waals surface area contributed by atoms with E-state index >= 15 is 0 Å². The number of hydrogen-bond acceptors (Lipinski definition) is 4. The molecular formula is C28H30N2O5. The molecule has 0 radical (unpaired) electrons. The van der Waals surface area contributed by atoms with Gasteiger partial charge in [-0.2, -0.15) is 0 Å². The summed E-state index contributed by atoms with van der Waals surface area (Å²) in [6.45, 7) is 0.231. The molecule has 2 amide bonds. The second-order valence-electron chi connectivity index (χ2n) is 9.65. The van der Waals surface area contributed by atoms with Crippen LogP contribution in [0.15, 0.2) is 60.2 Å². The fraction of sp³-hybridized carbons (Fsp3) is 0.393. The first-order valence-electron chi connectivity index (χ1n) is 12.4. The van der Waals surface area contributed by atoms with Gasteiger partial charge in [0.1, 0.15) is 6.61 Å². The molecule has 1 saturated carbocycles. The number of fused-ring (bicyclic) bond motifs is 3. The summed E-state index contributed by atoms with van der Waals surface area (Å²) in [5.74, 6) is -1.43. The molecule has 0 heterocycles. The third kappa shape index (κ3) is 4.81. The van der Waals surface area contributed by atoms with Crippen LogP contribution in [0.25, 0.3) is 11.1 Å². The number of benzene rings is 2. The summed E-state index contributed by atoms with van der Waals surface area (Å²) >= 11 is 0. The summed E-state index contributed by atoms with van der Waals surface area (Å²) in [6.07, 6.45) is 5.27. The maximum Gasteiger partial charge on any atom is 0.407 e. The molecule has 3 aliphatic carbocycles. The van der Waals surface area contributed by atoms with Crippen molar-refractivity contribution in [2.45, 2.75) is 56.5 Å². The van der Waals surface area contributed by atoms with E-state index in [4.69, 9.17) is 9.84 Å². The van der Waals surface area contributed by atoms with E-state index in [2.05, 4.69) is 34.9 Å². The van der Waals surface area contributed by atoms with Crippen molar-refractivity contribution in [3.8, 4) is 11.1 Å². The van der Waals surface area contributed by atoms with E-state index in [9.17, 15) is 14.4 Å². The summed E-state index contributed by atoms with van der Waals surface area (Å²) < 4.78 is 5.69. The Hall–Kier alpha value is -3.61. The maximum atomic E-state index is 13.0. The smallest absolute Gasteiger partial charge is 0.407 e. The van der Waals surface area contributed by atoms with Crippen molar-refractivity contribution in [2.24, 2.45) is 5.92 Å². The quantitative estimate of drug-likeness (QED) is 0.577. The van der Waals surface area contributed by atoms with Gasteiger partial charge in [-0.25, -0.2) is 9.59 Å². The highest BCUT2D eigenvalue weighted by Gasteiger charge is 2.35. The van der Waals surface area contributed by atoms with Gasteiger partial charge >= 0.3 is 12.1 Å². The van der Waals surface area contributed by atoms with Crippen LogP contribution in [0.1, 0.15) is 55.6 Å². The summed E-state index contributed by atoms with van der Waals surface area (Å²) in [6, 6.07) is 15.9. The van der Waals surface area contributed by atoms with E-state index in [0.717, 1.165) is 24.0 Å². The zero-order valence-electron chi connectivity index (χ0n) is 19.5. The second-order valence-corrected chi connectivity index (χ2v) is 9.65. The molecule has 1 unspecified atom stereocenters. The number of nitrogens with one attached hydrogen (secondary N) is 2. The van der Waals surface area contributed by atoms with Crippen LogP contribution in [0.2, 0.25) is 0 Å². The topological polar surface area (TPSA) is 105 Å². The van der Waals surface area contributed by atoms with Gasteiger partial charge in [-0.3, -0.25) is 4.79 Å². The van der Waals surface area contributed by atoms with Crippen molar-refractivity contribution in [3.05, 3.63) is 71.3 Å². The Bertz CT molecular complexity index is 1130. The van der Waals surface area contributed by atoms with Gasteiger partial charge in [0.25, 0.3) is 0 Å². The summed E-state index contributed by atoms with van der Waals surface area (Å²) in [4.78, 5) is 36.9. The molecule has 0 saturated heterocycles. The lowest BCUT2D eigenvalue weighted by molar-refractivity contribution is -0.133. The van der Waals surface area contributed by atoms with Crippen molar-refractivity contribution in [2.75, 3.05) is 6.61 Å². The minimum Gasteiger partial charge on any atom is -0.478 e. The molecule has 0 aromatic heterocycles. The lowest BCUT2D eigenvalue weighted by Gasteiger charge is -2.32. The molecule has 0 spiro atoms. The van der Waals surface area contributed by atoms with Gasteiger partial charge in [0, 0.05) is 23.6 Å². The standard InChI is InChI=1S/C28H30N2O5/c31-26(29-18-14-13-17(15-18)27(32)33)23-11-5-6-12-25(23)30-28(34)35-16-24-21-9-3-1-7-19(21)20-8-2-4-10-22(20)24/h1-4,7-10,13,18,23-25H,5-6,11-12,14-16H2,(H,29,31)(H,30,34)(H,32,33)/t18?,23-,25+/m0/s1. The van der Waals surface area contributed by atoms with E-state index in [1.165, 1.54) is 11.1 Å². The number of amides is 2. The fourth-order valence-electron chi connectivity index (χ4n) is 5.72. The van der Waals surface area contributed by atoms with Gasteiger partial charge in [-0.05, 0) is 47.9 Å². The van der Waals surface area contributed by atoms with Crippen LogP contribution in [0, 0.1) is 5.92 Å². The van der Waals surface area contributed by atoms with Crippen molar-refractivity contribution < 1.29 is 24.2 Å². The van der Waals surface area contributed by atoms with E-state index in [1.54, 1.807) is 6.08 Å². The van der Waals surface area contributed by atoms with Crippen LogP contribution in [0.4, 0.5) is 4.79 Å². The first kappa shape index (κ1) is 23.1. The first-order valence-corrected chi connectivity index (χ1v) is 12.4. The molecule has 7 nitrogen and oxygen atoms in total. The number of carbonyl (C=O) groups is 3. The molecule has 2 aromatic carbocycles. The third-order valence-electron chi connectivity index (χ3n) is 7.49. The summed E-state index contributed by atoms with van der Waals surface area (Å²) in [7, 11) is 0. The highest BCUT2D eigenvalue weighted by atomic mass is 16.5. The number of carbonyl (C=O) groups excluding carboxylic acids is 2. The molecular weight excluding hydrogens is 444 g/mol. The minimum atomic E-state index is -0.936. The van der Waals surface area contributed by atoms with Crippen LogP contribution < -0.4 is 10.6 Å². The lowest BCUT2D eigenvalue weighted by atomic mass is 9.83. The lowest BCUT2D eigenvalue weighted by Crippen LogP contribution is -2.50. The van der Waals surface area contributed by atoms with E-state index in [1.807, 2.05) is 24.3 Å². The Morgan fingerprint density at radius 3 is 2.23 bits per heavy atom. The summed E-state index contributed by atoms with van der Waals surface area (Å²) in [5.41, 5.74) is 5.00. The Kier molecular flexibility index (Phi) is 6.57. The van der Waals surface area contributed by atoms with Crippen LogP contribution in [0.3, 0.4) is 0 Å². The van der Waals surface area contributed by atoms with Crippen LogP contribution in [-0.2, 0) is 14.3 Å². The normalized spacial score (nSPS) is 23.1. The van der Waals surface area contributed by atoms with Gasteiger partial charge in [0.2, 0.25) is 5.91 Å². The highest BCUT2D eigenvalue weighted by molar-refractivity contribution is 5.88. The monoisotopic (exact) mass is 474 g/mol. The Labute approximate surface area is 204 Å². The Balaban J connectivity index is 1.19. The van der Waals surface area contributed by atoms with Crippen molar-refractivity contribution in [3.63, 3.8) is 0 Å². The van der Waals surface area contributed by atoms with Crippen LogP contribution >= 0.6 is 0 Å². The molecule has 2 aromatic rings. The molecule has 0 bridgehead atoms. The number of aliphatic carboxylic acids is 1. The largest absolute Gasteiger partial charge is 0.478 e. The van der Waals surface area contributed by atoms with Crippen molar-refractivity contribution >= 4 is 18.0 Å². The first-order chi connectivity index (χ1) is 17.0. The van der Waals surface area contributed by atoms with Gasteiger partial charge in [0.05, 0.1) is 5.92 Å². The van der Waals surface area contributed by atoms with E-state index in [0.29, 0.717) is 31.3 Å². The molecule has 3 atom stereocenters. The summed E-state index contributed by atoms with van der Waals surface area (Å²) in [5, 5.41) is 15.1. The van der Waals surface area contributed by atoms with Crippen LogP contribution in [0.5, 0.6) is 0 Å². The van der Waals surface area contributed by atoms with Crippen molar-refractivity contribution in [1.29, 1.82) is 0 Å². The highest BCUT2D eigenvalue weighted by Crippen LogP contribution is 2.44. The van der Waals surface area contributed by atoms with Gasteiger partial charge in [-0.15, -0.1) is 0 Å². The molecule has 182 valence electrons.